The van der Waals surface area contributed by atoms with E-state index in [9.17, 15) is 18.0 Å². The number of aromatic nitrogens is 1. The van der Waals surface area contributed by atoms with Gasteiger partial charge in [0, 0.05) is 16.1 Å². The van der Waals surface area contributed by atoms with Crippen molar-refractivity contribution in [1.82, 2.24) is 9.71 Å². The van der Waals surface area contributed by atoms with E-state index in [2.05, 4.69) is 4.98 Å². The first-order valence-corrected chi connectivity index (χ1v) is 11.7. The Morgan fingerprint density at radius 3 is 2.35 bits per heavy atom. The fourth-order valence-corrected chi connectivity index (χ4v) is 4.13. The van der Waals surface area contributed by atoms with Crippen molar-refractivity contribution in [2.24, 2.45) is 0 Å². The molecule has 3 rings (SSSR count). The maximum absolute atomic E-state index is 12.9. The number of amides is 1. The molecule has 0 saturated heterocycles. The first kappa shape index (κ1) is 22.1. The van der Waals surface area contributed by atoms with E-state index in [4.69, 9.17) is 5.26 Å². The van der Waals surface area contributed by atoms with E-state index in [0.29, 0.717) is 26.8 Å². The molecule has 0 aliphatic carbocycles. The lowest BCUT2D eigenvalue weighted by molar-refractivity contribution is 0.0975. The third-order valence-corrected chi connectivity index (χ3v) is 5.76. The van der Waals surface area contributed by atoms with Crippen LogP contribution in [0.5, 0.6) is 0 Å². The van der Waals surface area contributed by atoms with Crippen molar-refractivity contribution in [3.05, 3.63) is 76.3 Å². The zero-order chi connectivity index (χ0) is 22.6. The highest BCUT2D eigenvalue weighted by Gasteiger charge is 2.23. The zero-order valence-corrected chi connectivity index (χ0v) is 18.3. The van der Waals surface area contributed by atoms with Gasteiger partial charge in [0.15, 0.2) is 10.9 Å². The number of rotatable bonds is 7. The molecule has 1 heterocycles. The normalized spacial score (nSPS) is 10.9. The molecular formula is C21H18N4O4S2. The van der Waals surface area contributed by atoms with Gasteiger partial charge in [0.05, 0.1) is 24.4 Å². The number of nitriles is 1. The number of benzene rings is 2. The molecular weight excluding hydrogens is 436 g/mol. The van der Waals surface area contributed by atoms with Crippen molar-refractivity contribution in [2.45, 2.75) is 6.92 Å². The second kappa shape index (κ2) is 9.07. The van der Waals surface area contributed by atoms with Crippen LogP contribution in [0.25, 0.3) is 0 Å². The van der Waals surface area contributed by atoms with E-state index in [1.807, 2.05) is 16.9 Å². The van der Waals surface area contributed by atoms with Gasteiger partial charge in [-0.15, -0.1) is 11.3 Å². The highest BCUT2D eigenvalue weighted by molar-refractivity contribution is 7.89. The van der Waals surface area contributed by atoms with Crippen LogP contribution in [0.1, 0.15) is 31.3 Å². The lowest BCUT2D eigenvalue weighted by Crippen LogP contribution is -2.30. The van der Waals surface area contributed by atoms with Crippen LogP contribution >= 0.6 is 11.3 Å². The van der Waals surface area contributed by atoms with Crippen molar-refractivity contribution < 1.29 is 18.0 Å². The molecule has 0 fully saturated rings. The molecule has 1 amide bonds. The van der Waals surface area contributed by atoms with Crippen molar-refractivity contribution in [1.29, 1.82) is 5.26 Å². The summed E-state index contributed by atoms with van der Waals surface area (Å²) in [7, 11) is -3.75. The Hall–Kier alpha value is -3.55. The average Bonchev–Trinajstić information content (AvgIpc) is 3.13. The van der Waals surface area contributed by atoms with Crippen LogP contribution in [0.15, 0.2) is 54.6 Å². The minimum Gasteiger partial charge on any atom is -0.310 e. The van der Waals surface area contributed by atoms with E-state index in [1.54, 1.807) is 60.4 Å². The van der Waals surface area contributed by atoms with Gasteiger partial charge in [-0.2, -0.15) is 5.26 Å². The summed E-state index contributed by atoms with van der Waals surface area (Å²) in [5, 5.41) is 9.40. The van der Waals surface area contributed by atoms with Gasteiger partial charge in [0.1, 0.15) is 5.69 Å². The van der Waals surface area contributed by atoms with Gasteiger partial charge in [0.2, 0.25) is 10.0 Å². The van der Waals surface area contributed by atoms with Gasteiger partial charge < -0.3 is 4.90 Å². The number of nitrogens with zero attached hydrogens (tertiary/aromatic N) is 3. The van der Waals surface area contributed by atoms with Gasteiger partial charge in [-0.05, 0) is 31.2 Å². The lowest BCUT2D eigenvalue weighted by atomic mass is 10.1. The van der Waals surface area contributed by atoms with Gasteiger partial charge in [-0.1, -0.05) is 30.3 Å². The van der Waals surface area contributed by atoms with Crippen LogP contribution in [0.4, 0.5) is 10.8 Å². The van der Waals surface area contributed by atoms with Gasteiger partial charge in [-0.3, -0.25) is 9.59 Å². The minimum absolute atomic E-state index is 0.0313. The average molecular weight is 455 g/mol. The molecule has 0 unspecified atom stereocenters. The number of hydrogen-bond acceptors (Lipinski definition) is 8. The maximum atomic E-state index is 12.9. The van der Waals surface area contributed by atoms with Crippen LogP contribution in [0.2, 0.25) is 0 Å². The summed E-state index contributed by atoms with van der Waals surface area (Å²) in [6.07, 6.45) is 0.884. The number of sulfonamides is 1. The molecule has 2 aromatic carbocycles. The summed E-state index contributed by atoms with van der Waals surface area (Å²) < 4.78 is 24.7. The Morgan fingerprint density at radius 1 is 1.13 bits per heavy atom. The van der Waals surface area contributed by atoms with Gasteiger partial charge in [0.25, 0.3) is 5.91 Å². The molecule has 10 heteroatoms. The van der Waals surface area contributed by atoms with Crippen molar-refractivity contribution >= 4 is 43.9 Å². The smallest absolute Gasteiger partial charge is 0.284 e. The monoisotopic (exact) mass is 454 g/mol. The molecule has 0 aliphatic rings. The van der Waals surface area contributed by atoms with Crippen LogP contribution in [0, 0.1) is 18.3 Å². The topological polar surface area (TPSA) is 120 Å². The highest BCUT2D eigenvalue weighted by atomic mass is 32.2. The quantitative estimate of drug-likeness (QED) is 0.545. The number of thiazole rings is 1. The molecule has 0 bridgehead atoms. The zero-order valence-electron chi connectivity index (χ0n) is 16.7. The first-order valence-electron chi connectivity index (χ1n) is 9.03. The van der Waals surface area contributed by atoms with E-state index in [-0.39, 0.29) is 18.0 Å². The van der Waals surface area contributed by atoms with Crippen LogP contribution in [-0.4, -0.2) is 37.9 Å². The Morgan fingerprint density at radius 2 is 1.77 bits per heavy atom. The molecule has 0 radical (unpaired) electrons. The number of carbonyl (C=O) groups is 2. The third-order valence-electron chi connectivity index (χ3n) is 4.21. The summed E-state index contributed by atoms with van der Waals surface area (Å²) in [6, 6.07) is 17.4. The molecule has 1 N–H and O–H groups in total. The first-order chi connectivity index (χ1) is 14.7. The third kappa shape index (κ3) is 5.53. The van der Waals surface area contributed by atoms with Gasteiger partial charge in [-0.25, -0.2) is 18.1 Å². The Balaban J connectivity index is 2.00. The molecule has 158 valence electrons. The standard InChI is InChI=1S/C21H18N4O4S2/c1-14-19(20(27)24-31(2,28)29)23-21(30-14)25(17-10-8-15(12-22)9-11-17)13-18(26)16-6-4-3-5-7-16/h3-11H,13H2,1-2H3,(H,24,27). The predicted molar refractivity (Wildman–Crippen MR) is 118 cm³/mol. The summed E-state index contributed by atoms with van der Waals surface area (Å²) in [6.45, 7) is 1.59. The number of aryl methyl sites for hydroxylation is 1. The fourth-order valence-electron chi connectivity index (χ4n) is 2.77. The summed E-state index contributed by atoms with van der Waals surface area (Å²) in [4.78, 5) is 31.6. The predicted octanol–water partition coefficient (Wildman–Crippen LogP) is 3.03. The number of nitrogens with one attached hydrogen (secondary N) is 1. The summed E-state index contributed by atoms with van der Waals surface area (Å²) >= 11 is 1.16. The number of carbonyl (C=O) groups excluding carboxylic acids is 2. The lowest BCUT2D eigenvalue weighted by Gasteiger charge is -2.21. The van der Waals surface area contributed by atoms with E-state index in [0.717, 1.165) is 17.6 Å². The second-order valence-electron chi connectivity index (χ2n) is 6.64. The largest absolute Gasteiger partial charge is 0.310 e. The number of Topliss-reactive ketones (excluding diaryl/α,β-unsaturated/α-hetero) is 1. The maximum Gasteiger partial charge on any atom is 0.284 e. The molecule has 0 aliphatic heterocycles. The van der Waals surface area contributed by atoms with E-state index < -0.39 is 15.9 Å². The fraction of sp³-hybridized carbons (Fsp3) is 0.143. The molecule has 31 heavy (non-hydrogen) atoms. The Labute approximate surface area is 183 Å². The van der Waals surface area contributed by atoms with E-state index >= 15 is 0 Å². The Kier molecular flexibility index (Phi) is 6.48. The molecule has 0 spiro atoms. The molecule has 3 aromatic rings. The van der Waals surface area contributed by atoms with Crippen LogP contribution in [0.3, 0.4) is 0 Å². The minimum atomic E-state index is -3.75. The van der Waals surface area contributed by atoms with E-state index in [1.165, 1.54) is 0 Å². The SMILES string of the molecule is Cc1sc(N(CC(=O)c2ccccc2)c2ccc(C#N)cc2)nc1C(=O)NS(C)(=O)=O. The van der Waals surface area contributed by atoms with Crippen molar-refractivity contribution in [3.63, 3.8) is 0 Å². The summed E-state index contributed by atoms with van der Waals surface area (Å²) in [5.74, 6) is -1.00. The van der Waals surface area contributed by atoms with Crippen molar-refractivity contribution in [2.75, 3.05) is 17.7 Å². The van der Waals surface area contributed by atoms with Crippen molar-refractivity contribution in [3.8, 4) is 6.07 Å². The molecule has 1 aromatic heterocycles. The van der Waals surface area contributed by atoms with Gasteiger partial charge >= 0.3 is 0 Å². The number of anilines is 2. The molecule has 0 atom stereocenters. The van der Waals surface area contributed by atoms with Crippen LogP contribution in [-0.2, 0) is 10.0 Å². The highest BCUT2D eigenvalue weighted by Crippen LogP contribution is 2.32. The Bertz CT molecular complexity index is 1260. The second-order valence-corrected chi connectivity index (χ2v) is 9.57. The molecule has 0 saturated carbocycles. The van der Waals surface area contributed by atoms with Crippen LogP contribution < -0.4 is 9.62 Å². The summed E-state index contributed by atoms with van der Waals surface area (Å²) in [5.41, 5.74) is 1.55. The number of hydrogen-bond donors (Lipinski definition) is 1. The number of ketones is 1. The molecule has 8 nitrogen and oxygen atoms in total.